The molecule has 1 aliphatic heterocycles. The van der Waals surface area contributed by atoms with E-state index in [1.165, 1.54) is 12.0 Å². The van der Waals surface area contributed by atoms with Crippen LogP contribution in [-0.2, 0) is 19.1 Å². The third kappa shape index (κ3) is 2.97. The van der Waals surface area contributed by atoms with Crippen molar-refractivity contribution in [3.63, 3.8) is 0 Å². The van der Waals surface area contributed by atoms with Crippen LogP contribution in [0.3, 0.4) is 0 Å². The summed E-state index contributed by atoms with van der Waals surface area (Å²) in [6, 6.07) is 8.06. The Bertz CT molecular complexity index is 476. The average molecular weight is 279 g/mol. The van der Waals surface area contributed by atoms with Crippen LogP contribution in [0.15, 0.2) is 30.3 Å². The van der Waals surface area contributed by atoms with E-state index in [9.17, 15) is 9.59 Å². The second kappa shape index (κ2) is 6.49. The second-order valence-corrected chi connectivity index (χ2v) is 4.49. The Morgan fingerprint density at radius 2 is 2.10 bits per heavy atom. The monoisotopic (exact) mass is 279 g/mol. The molecular formula is C14H17NO5. The van der Waals surface area contributed by atoms with Gasteiger partial charge in [0.15, 0.2) is 12.1 Å². The lowest BCUT2D eigenvalue weighted by Gasteiger charge is -2.34. The summed E-state index contributed by atoms with van der Waals surface area (Å²) >= 11 is 0. The van der Waals surface area contributed by atoms with Crippen LogP contribution < -0.4 is 0 Å². The van der Waals surface area contributed by atoms with E-state index in [1.807, 2.05) is 18.2 Å². The summed E-state index contributed by atoms with van der Waals surface area (Å²) in [5.74, 6) is -1.42. The molecule has 0 aromatic heterocycles. The number of amides is 1. The van der Waals surface area contributed by atoms with E-state index in [0.717, 1.165) is 0 Å². The minimum absolute atomic E-state index is 0.00625. The predicted octanol–water partition coefficient (Wildman–Crippen LogP) is 0.686. The van der Waals surface area contributed by atoms with E-state index >= 15 is 0 Å². The van der Waals surface area contributed by atoms with Crippen molar-refractivity contribution in [3.8, 4) is 0 Å². The van der Waals surface area contributed by atoms with Crippen molar-refractivity contribution in [2.24, 2.45) is 0 Å². The van der Waals surface area contributed by atoms with Gasteiger partial charge < -0.3 is 19.5 Å². The zero-order chi connectivity index (χ0) is 14.5. The zero-order valence-corrected chi connectivity index (χ0v) is 11.2. The Balaban J connectivity index is 2.21. The highest BCUT2D eigenvalue weighted by Gasteiger charge is 2.36. The van der Waals surface area contributed by atoms with Crippen LogP contribution in [0, 0.1) is 0 Å². The van der Waals surface area contributed by atoms with Gasteiger partial charge in [0.25, 0.3) is 5.91 Å². The highest BCUT2D eigenvalue weighted by molar-refractivity contribution is 5.87. The highest BCUT2D eigenvalue weighted by Crippen LogP contribution is 2.21. The van der Waals surface area contributed by atoms with Gasteiger partial charge in [0.05, 0.1) is 13.2 Å². The van der Waals surface area contributed by atoms with Crippen molar-refractivity contribution in [3.05, 3.63) is 35.9 Å². The molecule has 0 unspecified atom stereocenters. The maximum Gasteiger partial charge on any atom is 0.328 e. The molecule has 1 aliphatic rings. The number of hydrogen-bond acceptors (Lipinski definition) is 4. The number of ether oxygens (including phenoxy) is 2. The normalized spacial score (nSPS) is 20.4. The molecule has 2 rings (SSSR count). The first kappa shape index (κ1) is 14.5. The molecule has 6 heteroatoms. The molecule has 1 saturated heterocycles. The lowest BCUT2D eigenvalue weighted by atomic mass is 10.1. The van der Waals surface area contributed by atoms with Crippen molar-refractivity contribution in [2.45, 2.75) is 12.1 Å². The van der Waals surface area contributed by atoms with E-state index in [1.54, 1.807) is 12.1 Å². The molecule has 0 aliphatic carbocycles. The van der Waals surface area contributed by atoms with Crippen molar-refractivity contribution in [1.82, 2.24) is 4.90 Å². The Morgan fingerprint density at radius 3 is 2.70 bits per heavy atom. The SMILES string of the molecule is CO[C@@H](C(=O)N1CCOC[C@H]1C(=O)O)c1ccccc1. The predicted molar refractivity (Wildman–Crippen MR) is 70.1 cm³/mol. The van der Waals surface area contributed by atoms with Gasteiger partial charge in [-0.15, -0.1) is 0 Å². The quantitative estimate of drug-likeness (QED) is 0.877. The molecule has 1 aromatic carbocycles. The van der Waals surface area contributed by atoms with E-state index in [4.69, 9.17) is 14.6 Å². The first-order valence-electron chi connectivity index (χ1n) is 6.34. The maximum atomic E-state index is 12.5. The first-order valence-corrected chi connectivity index (χ1v) is 6.34. The van der Waals surface area contributed by atoms with Gasteiger partial charge in [0, 0.05) is 13.7 Å². The van der Waals surface area contributed by atoms with Crippen LogP contribution in [0.2, 0.25) is 0 Å². The van der Waals surface area contributed by atoms with Gasteiger partial charge in [-0.3, -0.25) is 4.79 Å². The van der Waals surface area contributed by atoms with Gasteiger partial charge in [-0.25, -0.2) is 4.79 Å². The number of nitrogens with zero attached hydrogens (tertiary/aromatic N) is 1. The number of carboxylic acid groups (broad SMARTS) is 1. The largest absolute Gasteiger partial charge is 0.480 e. The summed E-state index contributed by atoms with van der Waals surface area (Å²) in [6.45, 7) is 0.593. The third-order valence-corrected chi connectivity index (χ3v) is 3.26. The molecule has 108 valence electrons. The number of hydrogen-bond donors (Lipinski definition) is 1. The molecular weight excluding hydrogens is 262 g/mol. The number of rotatable bonds is 4. The van der Waals surface area contributed by atoms with E-state index in [2.05, 4.69) is 0 Å². The third-order valence-electron chi connectivity index (χ3n) is 3.26. The second-order valence-electron chi connectivity index (χ2n) is 4.49. The molecule has 0 radical (unpaired) electrons. The molecule has 0 bridgehead atoms. The molecule has 20 heavy (non-hydrogen) atoms. The summed E-state index contributed by atoms with van der Waals surface area (Å²) in [6.07, 6.45) is -0.795. The van der Waals surface area contributed by atoms with Crippen molar-refractivity contribution in [2.75, 3.05) is 26.9 Å². The van der Waals surface area contributed by atoms with Crippen molar-refractivity contribution in [1.29, 1.82) is 0 Å². The number of carboxylic acids is 1. The van der Waals surface area contributed by atoms with Crippen molar-refractivity contribution < 1.29 is 24.2 Å². The number of benzene rings is 1. The maximum absolute atomic E-state index is 12.5. The topological polar surface area (TPSA) is 76.1 Å². The minimum Gasteiger partial charge on any atom is -0.480 e. The fourth-order valence-electron chi connectivity index (χ4n) is 2.23. The first-order chi connectivity index (χ1) is 9.65. The standard InChI is InChI=1S/C14H17NO5/c1-19-12(10-5-3-2-4-6-10)13(16)15-7-8-20-9-11(15)14(17)18/h2-6,11-12H,7-9H2,1H3,(H,17,18)/t11-,12+/m0/s1. The molecule has 1 fully saturated rings. The molecule has 6 nitrogen and oxygen atoms in total. The Morgan fingerprint density at radius 1 is 1.40 bits per heavy atom. The van der Waals surface area contributed by atoms with Crippen molar-refractivity contribution >= 4 is 11.9 Å². The fraction of sp³-hybridized carbons (Fsp3) is 0.429. The summed E-state index contributed by atoms with van der Waals surface area (Å²) in [5, 5.41) is 9.17. The smallest absolute Gasteiger partial charge is 0.328 e. The van der Waals surface area contributed by atoms with Crippen LogP contribution in [0.1, 0.15) is 11.7 Å². The lowest BCUT2D eigenvalue weighted by molar-refractivity contribution is -0.163. The molecule has 0 spiro atoms. The summed E-state index contributed by atoms with van der Waals surface area (Å²) < 4.78 is 10.4. The average Bonchev–Trinajstić information content (AvgIpc) is 2.49. The van der Waals surface area contributed by atoms with E-state index in [0.29, 0.717) is 12.2 Å². The van der Waals surface area contributed by atoms with Gasteiger partial charge in [-0.2, -0.15) is 0 Å². The lowest BCUT2D eigenvalue weighted by Crippen LogP contribution is -2.54. The summed E-state index contributed by atoms with van der Waals surface area (Å²) in [5.41, 5.74) is 0.704. The number of carbonyl (C=O) groups is 2. The van der Waals surface area contributed by atoms with Crippen LogP contribution in [-0.4, -0.2) is 54.8 Å². The van der Waals surface area contributed by atoms with Gasteiger partial charge in [0.2, 0.25) is 0 Å². The molecule has 0 saturated carbocycles. The molecule has 2 atom stereocenters. The van der Waals surface area contributed by atoms with Gasteiger partial charge >= 0.3 is 5.97 Å². The van der Waals surface area contributed by atoms with E-state index in [-0.39, 0.29) is 19.1 Å². The van der Waals surface area contributed by atoms with Crippen LogP contribution >= 0.6 is 0 Å². The number of morpholine rings is 1. The van der Waals surface area contributed by atoms with Gasteiger partial charge in [0.1, 0.15) is 0 Å². The zero-order valence-electron chi connectivity index (χ0n) is 11.2. The fourth-order valence-corrected chi connectivity index (χ4v) is 2.23. The Kier molecular flexibility index (Phi) is 4.70. The van der Waals surface area contributed by atoms with E-state index < -0.39 is 18.1 Å². The minimum atomic E-state index is -1.07. The molecule has 1 N–H and O–H groups in total. The number of methoxy groups -OCH3 is 1. The highest BCUT2D eigenvalue weighted by atomic mass is 16.5. The Labute approximate surface area is 116 Å². The molecule has 1 heterocycles. The van der Waals surface area contributed by atoms with Gasteiger partial charge in [-0.05, 0) is 5.56 Å². The van der Waals surface area contributed by atoms with Gasteiger partial charge in [-0.1, -0.05) is 30.3 Å². The van der Waals surface area contributed by atoms with Crippen LogP contribution in [0.25, 0.3) is 0 Å². The van der Waals surface area contributed by atoms with Crippen LogP contribution in [0.5, 0.6) is 0 Å². The summed E-state index contributed by atoms with van der Waals surface area (Å²) in [4.78, 5) is 25.0. The Hall–Kier alpha value is -1.92. The molecule has 1 aromatic rings. The summed E-state index contributed by atoms with van der Waals surface area (Å²) in [7, 11) is 1.44. The number of aliphatic carboxylic acids is 1. The molecule has 1 amide bonds. The number of carbonyl (C=O) groups excluding carboxylic acids is 1. The van der Waals surface area contributed by atoms with Crippen LogP contribution in [0.4, 0.5) is 0 Å².